The Bertz CT molecular complexity index is 1140. The first-order chi connectivity index (χ1) is 15.8. The molecule has 11 heteroatoms. The van der Waals surface area contributed by atoms with Crippen LogP contribution in [0.25, 0.3) is 0 Å². The van der Waals surface area contributed by atoms with Crippen molar-refractivity contribution in [1.82, 2.24) is 9.88 Å². The number of anilines is 1. The molecule has 1 aliphatic heterocycles. The molecule has 1 saturated heterocycles. The number of alkyl halides is 3. The number of rotatable bonds is 5. The van der Waals surface area contributed by atoms with E-state index in [0.29, 0.717) is 18.4 Å². The van der Waals surface area contributed by atoms with E-state index in [1.165, 1.54) is 41.4 Å². The van der Waals surface area contributed by atoms with Gasteiger partial charge in [0.1, 0.15) is 16.8 Å². The molecule has 2 heterocycles. The molecule has 0 bridgehead atoms. The maximum Gasteiger partial charge on any atom is 0.446 e. The van der Waals surface area contributed by atoms with E-state index < -0.39 is 34.6 Å². The van der Waals surface area contributed by atoms with Gasteiger partial charge in [0.05, 0.1) is 5.69 Å². The Morgan fingerprint density at radius 3 is 2.32 bits per heavy atom. The average molecular weight is 494 g/mol. The number of benzene rings is 1. The van der Waals surface area contributed by atoms with Crippen LogP contribution in [0.5, 0.6) is 0 Å². The molecule has 2 aliphatic rings. The Morgan fingerprint density at radius 2 is 1.76 bits per heavy atom. The number of urea groups is 1. The zero-order valence-electron chi connectivity index (χ0n) is 18.7. The number of amides is 3. The van der Waals surface area contributed by atoms with Gasteiger partial charge in [-0.2, -0.15) is 13.2 Å². The quantitative estimate of drug-likeness (QED) is 0.326. The molecule has 180 valence electrons. The highest BCUT2D eigenvalue weighted by Gasteiger charge is 2.65. The van der Waals surface area contributed by atoms with E-state index in [4.69, 9.17) is 4.74 Å². The van der Waals surface area contributed by atoms with Crippen LogP contribution in [0.2, 0.25) is 0 Å². The Morgan fingerprint density at radius 1 is 1.12 bits per heavy atom. The zero-order valence-corrected chi connectivity index (χ0v) is 19.5. The molecule has 0 radical (unpaired) electrons. The summed E-state index contributed by atoms with van der Waals surface area (Å²) in [6, 6.07) is 7.72. The lowest BCUT2D eigenvalue weighted by molar-refractivity contribution is -0.120. The Kier molecular flexibility index (Phi) is 5.87. The van der Waals surface area contributed by atoms with Crippen LogP contribution in [0.15, 0.2) is 47.5 Å². The van der Waals surface area contributed by atoms with Crippen molar-refractivity contribution < 1.29 is 32.3 Å². The second kappa shape index (κ2) is 8.30. The fourth-order valence-electron chi connectivity index (χ4n) is 3.76. The van der Waals surface area contributed by atoms with Crippen LogP contribution < -0.4 is 4.90 Å². The Balaban J connectivity index is 1.55. The molecule has 7 nitrogen and oxygen atoms in total. The standard InChI is InChI=1S/C23H22F3N3O4S/c1-21(2,3)33-18(30)17-12-14(8-11-27-17)13-28-20(32)29(19(31)22(28)9-10-22)15-4-6-16(7-5-15)34-23(24,25)26/h4-8,11-12H,9-10,13H2,1-3H3. The lowest BCUT2D eigenvalue weighted by Gasteiger charge is -2.22. The maximum atomic E-state index is 13.2. The molecule has 1 aromatic heterocycles. The van der Waals surface area contributed by atoms with Crippen LogP contribution in [-0.4, -0.2) is 44.4 Å². The van der Waals surface area contributed by atoms with Crippen molar-refractivity contribution in [1.29, 1.82) is 0 Å². The van der Waals surface area contributed by atoms with Gasteiger partial charge in [-0.1, -0.05) is 0 Å². The number of nitrogens with zero attached hydrogens (tertiary/aromatic N) is 3. The highest BCUT2D eigenvalue weighted by Crippen LogP contribution is 2.50. The number of thioether (sulfide) groups is 1. The van der Waals surface area contributed by atoms with E-state index >= 15 is 0 Å². The van der Waals surface area contributed by atoms with Crippen molar-refractivity contribution in [3.05, 3.63) is 53.9 Å². The first-order valence-electron chi connectivity index (χ1n) is 10.5. The van der Waals surface area contributed by atoms with Crippen LogP contribution in [0.3, 0.4) is 0 Å². The van der Waals surface area contributed by atoms with Gasteiger partial charge in [-0.05, 0) is 87.3 Å². The van der Waals surface area contributed by atoms with Crippen LogP contribution in [0.1, 0.15) is 49.7 Å². The summed E-state index contributed by atoms with van der Waals surface area (Å²) in [5, 5.41) is 0. The third-order valence-corrected chi connectivity index (χ3v) is 6.10. The molecule has 4 rings (SSSR count). The summed E-state index contributed by atoms with van der Waals surface area (Å²) >= 11 is -0.268. The molecule has 0 unspecified atom stereocenters. The highest BCUT2D eigenvalue weighted by molar-refractivity contribution is 8.00. The summed E-state index contributed by atoms with van der Waals surface area (Å²) in [5.41, 5.74) is -5.21. The van der Waals surface area contributed by atoms with Gasteiger partial charge in [0.25, 0.3) is 5.91 Å². The van der Waals surface area contributed by atoms with E-state index in [1.807, 2.05) is 0 Å². The number of hydrogen-bond acceptors (Lipinski definition) is 6. The van der Waals surface area contributed by atoms with Crippen molar-refractivity contribution in [3.8, 4) is 0 Å². The number of pyridine rings is 1. The van der Waals surface area contributed by atoms with E-state index in [1.54, 1.807) is 26.8 Å². The summed E-state index contributed by atoms with van der Waals surface area (Å²) in [4.78, 5) is 45.2. The van der Waals surface area contributed by atoms with E-state index in [0.717, 1.165) is 4.90 Å². The van der Waals surface area contributed by atoms with Crippen LogP contribution in [-0.2, 0) is 16.1 Å². The molecule has 34 heavy (non-hydrogen) atoms. The predicted molar refractivity (Wildman–Crippen MR) is 118 cm³/mol. The maximum absolute atomic E-state index is 13.2. The molecule has 1 aliphatic carbocycles. The number of halogens is 3. The summed E-state index contributed by atoms with van der Waals surface area (Å²) in [6.07, 6.45) is 2.41. The fourth-order valence-corrected chi connectivity index (χ4v) is 4.30. The minimum absolute atomic E-state index is 0.0419. The summed E-state index contributed by atoms with van der Waals surface area (Å²) < 4.78 is 43.1. The second-order valence-electron chi connectivity index (χ2n) is 9.13. The number of carbonyl (C=O) groups is 3. The van der Waals surface area contributed by atoms with Gasteiger partial charge >= 0.3 is 17.5 Å². The number of esters is 1. The third-order valence-electron chi connectivity index (χ3n) is 5.37. The van der Waals surface area contributed by atoms with Crippen molar-refractivity contribution in [2.75, 3.05) is 4.90 Å². The van der Waals surface area contributed by atoms with Gasteiger partial charge < -0.3 is 9.64 Å². The average Bonchev–Trinajstić information content (AvgIpc) is 3.49. The monoisotopic (exact) mass is 493 g/mol. The number of carbonyl (C=O) groups excluding carboxylic acids is 3. The molecule has 1 saturated carbocycles. The van der Waals surface area contributed by atoms with Gasteiger partial charge in [-0.25, -0.2) is 19.5 Å². The molecule has 0 N–H and O–H groups in total. The smallest absolute Gasteiger partial charge is 0.446 e. The third kappa shape index (κ3) is 4.89. The first kappa shape index (κ1) is 24.1. The number of imide groups is 1. The van der Waals surface area contributed by atoms with E-state index in [2.05, 4.69) is 4.98 Å². The van der Waals surface area contributed by atoms with Crippen molar-refractivity contribution in [2.45, 2.75) is 61.7 Å². The first-order valence-corrected chi connectivity index (χ1v) is 11.3. The number of hydrogen-bond donors (Lipinski definition) is 0. The number of ether oxygens (including phenoxy) is 1. The highest BCUT2D eigenvalue weighted by atomic mass is 32.2. The van der Waals surface area contributed by atoms with Gasteiger partial charge in [-0.3, -0.25) is 4.79 Å². The van der Waals surface area contributed by atoms with E-state index in [-0.39, 0.29) is 34.6 Å². The van der Waals surface area contributed by atoms with Gasteiger partial charge in [0.15, 0.2) is 0 Å². The lowest BCUT2D eigenvalue weighted by Crippen LogP contribution is -2.36. The van der Waals surface area contributed by atoms with Crippen LogP contribution in [0.4, 0.5) is 23.7 Å². The molecule has 2 aromatic rings. The SMILES string of the molecule is CC(C)(C)OC(=O)c1cc(CN2C(=O)N(c3ccc(SC(F)(F)F)cc3)C(=O)C23CC3)ccn1. The Labute approximate surface area is 198 Å². The molecule has 2 fully saturated rings. The van der Waals surface area contributed by atoms with Gasteiger partial charge in [0.2, 0.25) is 0 Å². The zero-order chi connectivity index (χ0) is 24.9. The topological polar surface area (TPSA) is 79.8 Å². The summed E-state index contributed by atoms with van der Waals surface area (Å²) in [7, 11) is 0. The fraction of sp³-hybridized carbons (Fsp3) is 0.391. The molecule has 0 atom stereocenters. The second-order valence-corrected chi connectivity index (χ2v) is 10.3. The van der Waals surface area contributed by atoms with Crippen LogP contribution in [0, 0.1) is 0 Å². The Hall–Kier alpha value is -3.08. The molecular weight excluding hydrogens is 471 g/mol. The normalized spacial score (nSPS) is 17.5. The van der Waals surface area contributed by atoms with Gasteiger partial charge in [-0.15, -0.1) is 0 Å². The van der Waals surface area contributed by atoms with E-state index in [9.17, 15) is 27.6 Å². The molecule has 1 aromatic carbocycles. The minimum Gasteiger partial charge on any atom is -0.455 e. The lowest BCUT2D eigenvalue weighted by atomic mass is 10.1. The predicted octanol–water partition coefficient (Wildman–Crippen LogP) is 5.15. The van der Waals surface area contributed by atoms with Crippen molar-refractivity contribution >= 4 is 35.4 Å². The summed E-state index contributed by atoms with van der Waals surface area (Å²) in [5.74, 6) is -1.01. The molecule has 1 spiro atoms. The molecule has 3 amide bonds. The van der Waals surface area contributed by atoms with Crippen LogP contribution >= 0.6 is 11.8 Å². The van der Waals surface area contributed by atoms with Crippen molar-refractivity contribution in [2.24, 2.45) is 0 Å². The summed E-state index contributed by atoms with van der Waals surface area (Å²) in [6.45, 7) is 5.29. The minimum atomic E-state index is -4.43. The molecular formula is C23H22F3N3O4S. The van der Waals surface area contributed by atoms with Gasteiger partial charge in [0, 0.05) is 17.6 Å². The van der Waals surface area contributed by atoms with Crippen molar-refractivity contribution in [3.63, 3.8) is 0 Å². The number of aromatic nitrogens is 1. The largest absolute Gasteiger partial charge is 0.455 e.